The molecule has 9 rings (SSSR count). The molecule has 292 valence electrons. The quantitative estimate of drug-likeness (QED) is 0.168. The van der Waals surface area contributed by atoms with Gasteiger partial charge in [0.05, 0.1) is 41.7 Å². The first kappa shape index (κ1) is 36.9. The van der Waals surface area contributed by atoms with Gasteiger partial charge < -0.3 is 19.5 Å². The number of aliphatic imine (C=N–C) groups is 2. The summed E-state index contributed by atoms with van der Waals surface area (Å²) in [6.07, 6.45) is 5.09. The minimum atomic E-state index is -0.623. The maximum atomic E-state index is 13.9. The average Bonchev–Trinajstić information content (AvgIpc) is 3.70. The molecule has 0 aliphatic carbocycles. The number of fused-ring (bicyclic) bond motifs is 8. The van der Waals surface area contributed by atoms with Crippen LogP contribution in [0.15, 0.2) is 101 Å². The van der Waals surface area contributed by atoms with Crippen molar-refractivity contribution < 1.29 is 28.6 Å². The molecule has 11 nitrogen and oxygen atoms in total. The highest BCUT2D eigenvalue weighted by atomic mass is 16.5. The molecule has 0 saturated heterocycles. The van der Waals surface area contributed by atoms with Crippen molar-refractivity contribution in [2.45, 2.75) is 65.8 Å². The van der Waals surface area contributed by atoms with E-state index in [0.717, 1.165) is 45.6 Å². The topological polar surface area (TPSA) is 122 Å². The lowest BCUT2D eigenvalue weighted by Crippen LogP contribution is -2.37. The fourth-order valence-electron chi connectivity index (χ4n) is 8.03. The first-order chi connectivity index (χ1) is 27.9. The maximum absolute atomic E-state index is 13.9. The number of carbonyl (C=O) groups excluding carboxylic acids is 3. The second kappa shape index (κ2) is 14.3. The standard InChI is InChI=1S/C47H43N5O6/c1-27-14-35-37(48-23-33-18-30-10-6-8-12-39(30)51(33)44(35)53)21-41(27)57-25-28-15-29(17-32(16-28)50-46(55)47(2,3)4)26-58-43-22-38-36(20-42(43)56-5)45(54)52-34(24-49-38)19-31-11-7-9-13-40(31)52/h6-17,20-24,33-34H,18-19,25-26H2,1-5H3,(H,50,55)/t33-,34-/m0/s1. The van der Waals surface area contributed by atoms with Gasteiger partial charge in [0.2, 0.25) is 5.91 Å². The number of para-hydroxylation sites is 2. The van der Waals surface area contributed by atoms with Gasteiger partial charge in [0, 0.05) is 59.9 Å². The zero-order chi connectivity index (χ0) is 40.3. The number of hydrogen-bond acceptors (Lipinski definition) is 8. The fraction of sp³-hybridized carbons (Fsp3) is 0.255. The van der Waals surface area contributed by atoms with Crippen LogP contribution in [0.25, 0.3) is 0 Å². The van der Waals surface area contributed by atoms with E-state index in [4.69, 9.17) is 24.2 Å². The van der Waals surface area contributed by atoms with Crippen molar-refractivity contribution >= 4 is 58.6 Å². The SMILES string of the molecule is COc1cc2c(cc1OCc1cc(COc3cc4c(cc3C)C(=O)N3c5ccccc5C[C@H]3C=N4)cc(NC(=O)C(C)(C)C)c1)N=C[C@@H]1Cc3ccccc3N1C2=O. The zero-order valence-corrected chi connectivity index (χ0v) is 33.0. The van der Waals surface area contributed by atoms with Gasteiger partial charge in [-0.15, -0.1) is 0 Å². The number of nitrogens with zero attached hydrogens (tertiary/aromatic N) is 4. The Bertz CT molecular complexity index is 2590. The van der Waals surface area contributed by atoms with Crippen LogP contribution in [0, 0.1) is 12.3 Å². The number of benzene rings is 5. The Balaban J connectivity index is 0.967. The Labute approximate surface area is 337 Å². The van der Waals surface area contributed by atoms with E-state index in [1.807, 2.05) is 118 Å². The molecule has 0 bridgehead atoms. The molecule has 4 heterocycles. The third-order valence-corrected chi connectivity index (χ3v) is 11.0. The molecule has 2 atom stereocenters. The summed E-state index contributed by atoms with van der Waals surface area (Å²) in [7, 11) is 1.54. The molecule has 0 fully saturated rings. The summed E-state index contributed by atoms with van der Waals surface area (Å²) in [5.74, 6) is 1.06. The average molecular weight is 774 g/mol. The van der Waals surface area contributed by atoms with E-state index in [-0.39, 0.29) is 43.0 Å². The van der Waals surface area contributed by atoms with Crippen LogP contribution in [0.1, 0.15) is 69.3 Å². The number of ether oxygens (including phenoxy) is 3. The lowest BCUT2D eigenvalue weighted by atomic mass is 9.95. The molecule has 0 saturated carbocycles. The van der Waals surface area contributed by atoms with Crippen LogP contribution in [-0.2, 0) is 30.8 Å². The van der Waals surface area contributed by atoms with Gasteiger partial charge in [0.1, 0.15) is 19.0 Å². The molecular weight excluding hydrogens is 731 g/mol. The van der Waals surface area contributed by atoms with Crippen LogP contribution in [0.3, 0.4) is 0 Å². The van der Waals surface area contributed by atoms with Gasteiger partial charge >= 0.3 is 0 Å². The van der Waals surface area contributed by atoms with E-state index in [1.165, 1.54) is 0 Å². The molecule has 5 aromatic carbocycles. The second-order valence-corrected chi connectivity index (χ2v) is 16.2. The Morgan fingerprint density at radius 1 is 0.707 bits per heavy atom. The summed E-state index contributed by atoms with van der Waals surface area (Å²) in [5, 5.41) is 3.05. The summed E-state index contributed by atoms with van der Waals surface area (Å²) < 4.78 is 18.5. The smallest absolute Gasteiger partial charge is 0.261 e. The first-order valence-electron chi connectivity index (χ1n) is 19.4. The Hall–Kier alpha value is -6.75. The van der Waals surface area contributed by atoms with E-state index in [9.17, 15) is 14.4 Å². The minimum absolute atomic E-state index is 0.0836. The normalized spacial score (nSPS) is 17.3. The predicted molar refractivity (Wildman–Crippen MR) is 225 cm³/mol. The molecule has 3 amide bonds. The van der Waals surface area contributed by atoms with E-state index in [2.05, 4.69) is 11.4 Å². The van der Waals surface area contributed by atoms with Crippen molar-refractivity contribution in [2.75, 3.05) is 22.2 Å². The second-order valence-electron chi connectivity index (χ2n) is 16.2. The van der Waals surface area contributed by atoms with Gasteiger partial charge in [-0.1, -0.05) is 57.2 Å². The van der Waals surface area contributed by atoms with Crippen LogP contribution in [0.5, 0.6) is 17.2 Å². The molecule has 0 spiro atoms. The van der Waals surface area contributed by atoms with Gasteiger partial charge in [0.25, 0.3) is 11.8 Å². The van der Waals surface area contributed by atoms with Crippen molar-refractivity contribution in [1.82, 2.24) is 0 Å². The van der Waals surface area contributed by atoms with E-state index in [1.54, 1.807) is 24.1 Å². The Morgan fingerprint density at radius 3 is 1.78 bits per heavy atom. The van der Waals surface area contributed by atoms with Crippen molar-refractivity contribution in [3.63, 3.8) is 0 Å². The van der Waals surface area contributed by atoms with E-state index >= 15 is 0 Å². The molecule has 11 heteroatoms. The summed E-state index contributed by atoms with van der Waals surface area (Å²) >= 11 is 0. The van der Waals surface area contributed by atoms with E-state index in [0.29, 0.717) is 51.9 Å². The maximum Gasteiger partial charge on any atom is 0.261 e. The third-order valence-electron chi connectivity index (χ3n) is 11.0. The number of rotatable bonds is 8. The van der Waals surface area contributed by atoms with Crippen LogP contribution in [-0.4, -0.2) is 49.3 Å². The van der Waals surface area contributed by atoms with Crippen LogP contribution < -0.4 is 29.3 Å². The Kier molecular flexibility index (Phi) is 9.10. The lowest BCUT2D eigenvalue weighted by molar-refractivity contribution is -0.123. The van der Waals surface area contributed by atoms with Crippen molar-refractivity contribution in [3.8, 4) is 17.2 Å². The molecule has 0 unspecified atom stereocenters. The molecule has 4 aliphatic heterocycles. The van der Waals surface area contributed by atoms with Crippen molar-refractivity contribution in [1.29, 1.82) is 0 Å². The van der Waals surface area contributed by atoms with E-state index < -0.39 is 5.41 Å². The summed E-state index contributed by atoms with van der Waals surface area (Å²) in [4.78, 5) is 54.1. The number of hydrogen-bond donors (Lipinski definition) is 1. The third kappa shape index (κ3) is 6.66. The molecule has 5 aromatic rings. The molecular formula is C47H43N5O6. The van der Waals surface area contributed by atoms with Crippen LogP contribution in [0.2, 0.25) is 0 Å². The number of nitrogens with one attached hydrogen (secondary N) is 1. The predicted octanol–water partition coefficient (Wildman–Crippen LogP) is 8.72. The number of aryl methyl sites for hydroxylation is 1. The number of carbonyl (C=O) groups is 3. The largest absolute Gasteiger partial charge is 0.493 e. The summed E-state index contributed by atoms with van der Waals surface area (Å²) in [5.41, 5.74) is 8.41. The van der Waals surface area contributed by atoms with Gasteiger partial charge in [-0.2, -0.15) is 0 Å². The highest BCUT2D eigenvalue weighted by molar-refractivity contribution is 6.15. The van der Waals surface area contributed by atoms with Crippen molar-refractivity contribution in [3.05, 3.63) is 130 Å². The van der Waals surface area contributed by atoms with Gasteiger partial charge in [-0.25, -0.2) is 0 Å². The summed E-state index contributed by atoms with van der Waals surface area (Å²) in [6.45, 7) is 7.79. The number of amides is 3. The highest BCUT2D eigenvalue weighted by Gasteiger charge is 2.38. The molecule has 0 radical (unpaired) electrons. The Morgan fingerprint density at radius 2 is 1.22 bits per heavy atom. The molecule has 58 heavy (non-hydrogen) atoms. The highest BCUT2D eigenvalue weighted by Crippen LogP contribution is 2.42. The number of anilines is 3. The summed E-state index contributed by atoms with van der Waals surface area (Å²) in [6, 6.07) is 28.4. The van der Waals surface area contributed by atoms with Gasteiger partial charge in [-0.05, 0) is 77.2 Å². The fourth-order valence-corrected chi connectivity index (χ4v) is 8.03. The molecule has 4 aliphatic rings. The van der Waals surface area contributed by atoms with Gasteiger partial charge in [0.15, 0.2) is 11.5 Å². The zero-order valence-electron chi connectivity index (χ0n) is 33.0. The first-order valence-corrected chi connectivity index (χ1v) is 19.4. The molecule has 1 N–H and O–H groups in total. The number of methoxy groups -OCH3 is 1. The molecule has 0 aromatic heterocycles. The van der Waals surface area contributed by atoms with Gasteiger partial charge in [-0.3, -0.25) is 34.2 Å². The monoisotopic (exact) mass is 773 g/mol. The minimum Gasteiger partial charge on any atom is -0.493 e. The van der Waals surface area contributed by atoms with Crippen molar-refractivity contribution in [2.24, 2.45) is 15.4 Å². The van der Waals surface area contributed by atoms with Crippen LogP contribution in [0.4, 0.5) is 28.4 Å². The van der Waals surface area contributed by atoms with Crippen LogP contribution >= 0.6 is 0 Å². The lowest BCUT2D eigenvalue weighted by Gasteiger charge is -2.22.